The largest absolute Gasteiger partial charge is 0.352 e. The lowest BCUT2D eigenvalue weighted by Crippen LogP contribution is -2.52. The molecule has 0 radical (unpaired) electrons. The first kappa shape index (κ1) is 27.5. The molecule has 9 heteroatoms. The molecular formula is C27H32ClN3O4S. The van der Waals surface area contributed by atoms with Crippen LogP contribution >= 0.6 is 11.6 Å². The minimum absolute atomic E-state index is 0.0563. The summed E-state index contributed by atoms with van der Waals surface area (Å²) in [6.07, 6.45) is 1.80. The van der Waals surface area contributed by atoms with Crippen molar-refractivity contribution in [3.63, 3.8) is 0 Å². The van der Waals surface area contributed by atoms with Crippen LogP contribution in [-0.2, 0) is 26.2 Å². The topological polar surface area (TPSA) is 86.8 Å². The van der Waals surface area contributed by atoms with Gasteiger partial charge in [-0.1, -0.05) is 73.1 Å². The van der Waals surface area contributed by atoms with Crippen molar-refractivity contribution in [3.05, 3.63) is 77.3 Å². The van der Waals surface area contributed by atoms with Gasteiger partial charge in [0.15, 0.2) is 0 Å². The molecule has 192 valence electrons. The summed E-state index contributed by atoms with van der Waals surface area (Å²) < 4.78 is 26.9. The first-order chi connectivity index (χ1) is 17.0. The van der Waals surface area contributed by atoms with Gasteiger partial charge in [-0.15, -0.1) is 0 Å². The van der Waals surface area contributed by atoms with Gasteiger partial charge in [0.05, 0.1) is 11.9 Å². The molecule has 3 rings (SSSR count). The monoisotopic (exact) mass is 529 g/mol. The van der Waals surface area contributed by atoms with Crippen molar-refractivity contribution in [2.75, 3.05) is 17.1 Å². The van der Waals surface area contributed by atoms with Crippen molar-refractivity contribution in [1.82, 2.24) is 10.2 Å². The van der Waals surface area contributed by atoms with E-state index in [0.29, 0.717) is 21.7 Å². The number of fused-ring (bicyclic) bond motifs is 1. The van der Waals surface area contributed by atoms with Crippen LogP contribution in [0.5, 0.6) is 0 Å². The Morgan fingerprint density at radius 2 is 1.61 bits per heavy atom. The fraction of sp³-hybridized carbons (Fsp3) is 0.333. The summed E-state index contributed by atoms with van der Waals surface area (Å²) in [7, 11) is -3.83. The van der Waals surface area contributed by atoms with E-state index in [-0.39, 0.29) is 18.5 Å². The summed E-state index contributed by atoms with van der Waals surface area (Å²) >= 11 is 6.36. The van der Waals surface area contributed by atoms with E-state index in [9.17, 15) is 18.0 Å². The molecule has 3 aromatic carbocycles. The summed E-state index contributed by atoms with van der Waals surface area (Å²) in [5.41, 5.74) is 1.06. The number of anilines is 1. The summed E-state index contributed by atoms with van der Waals surface area (Å²) in [6, 6.07) is 18.8. The minimum atomic E-state index is -3.83. The van der Waals surface area contributed by atoms with Crippen molar-refractivity contribution < 1.29 is 18.0 Å². The predicted molar refractivity (Wildman–Crippen MR) is 145 cm³/mol. The highest BCUT2D eigenvalue weighted by molar-refractivity contribution is 7.92. The van der Waals surface area contributed by atoms with Crippen LogP contribution in [0.25, 0.3) is 10.8 Å². The van der Waals surface area contributed by atoms with Gasteiger partial charge in [-0.2, -0.15) is 0 Å². The number of nitrogens with one attached hydrogen (secondary N) is 1. The number of sulfonamides is 1. The maximum Gasteiger partial charge on any atom is 0.244 e. The zero-order chi connectivity index (χ0) is 26.5. The third-order valence-corrected chi connectivity index (χ3v) is 7.68. The Morgan fingerprint density at radius 3 is 2.28 bits per heavy atom. The van der Waals surface area contributed by atoms with Crippen molar-refractivity contribution in [2.24, 2.45) is 0 Å². The van der Waals surface area contributed by atoms with Gasteiger partial charge in [0.25, 0.3) is 0 Å². The number of benzene rings is 3. The van der Waals surface area contributed by atoms with Crippen LogP contribution < -0.4 is 9.62 Å². The highest BCUT2D eigenvalue weighted by Gasteiger charge is 2.31. The van der Waals surface area contributed by atoms with Gasteiger partial charge in [0, 0.05) is 23.0 Å². The first-order valence-corrected chi connectivity index (χ1v) is 14.0. The molecule has 0 bridgehead atoms. The maximum absolute atomic E-state index is 13.7. The Morgan fingerprint density at radius 1 is 0.972 bits per heavy atom. The summed E-state index contributed by atoms with van der Waals surface area (Å²) in [4.78, 5) is 28.1. The van der Waals surface area contributed by atoms with Crippen molar-refractivity contribution in [1.29, 1.82) is 0 Å². The molecule has 0 aliphatic heterocycles. The Hall–Kier alpha value is -3.10. The van der Waals surface area contributed by atoms with Crippen molar-refractivity contribution in [3.8, 4) is 0 Å². The number of rotatable bonds is 10. The molecule has 2 atom stereocenters. The molecular weight excluding hydrogens is 498 g/mol. The van der Waals surface area contributed by atoms with Crippen LogP contribution in [0.4, 0.5) is 5.69 Å². The van der Waals surface area contributed by atoms with Gasteiger partial charge >= 0.3 is 0 Å². The quantitative estimate of drug-likeness (QED) is 0.416. The molecule has 0 aliphatic carbocycles. The standard InChI is InChI=1S/C27H32ClN3O4S/c1-5-19(2)29-27(33)20(3)30(17-22-12-7-9-15-24(22)28)26(32)18-31(36(4,34)35)25-16-10-13-21-11-6-8-14-23(21)25/h6-16,19-20H,5,17-18H2,1-4H3,(H,29,33)/t19-,20-/m0/s1. The van der Waals surface area contributed by atoms with E-state index in [4.69, 9.17) is 11.6 Å². The van der Waals surface area contributed by atoms with Crippen LogP contribution in [0, 0.1) is 0 Å². The summed E-state index contributed by atoms with van der Waals surface area (Å²) in [5, 5.41) is 4.92. The smallest absolute Gasteiger partial charge is 0.244 e. The first-order valence-electron chi connectivity index (χ1n) is 11.8. The summed E-state index contributed by atoms with van der Waals surface area (Å²) in [5.74, 6) is -0.832. The second kappa shape index (κ2) is 11.8. The number of hydrogen-bond donors (Lipinski definition) is 1. The van der Waals surface area contributed by atoms with E-state index in [1.807, 2.05) is 44.2 Å². The van der Waals surface area contributed by atoms with Gasteiger partial charge in [0.2, 0.25) is 21.8 Å². The number of nitrogens with zero attached hydrogens (tertiary/aromatic N) is 2. The third-order valence-electron chi connectivity index (χ3n) is 6.18. The number of amides is 2. The Labute approximate surface area is 218 Å². The Balaban J connectivity index is 2.00. The fourth-order valence-electron chi connectivity index (χ4n) is 3.88. The van der Waals surface area contributed by atoms with Gasteiger partial charge in [-0.25, -0.2) is 8.42 Å². The molecule has 3 aromatic rings. The molecule has 7 nitrogen and oxygen atoms in total. The molecule has 0 saturated heterocycles. The Bertz CT molecular complexity index is 1340. The molecule has 2 amide bonds. The molecule has 0 saturated carbocycles. The molecule has 0 aliphatic rings. The maximum atomic E-state index is 13.7. The average molecular weight is 530 g/mol. The van der Waals surface area contributed by atoms with E-state index in [2.05, 4.69) is 5.32 Å². The van der Waals surface area contributed by atoms with E-state index in [0.717, 1.165) is 22.4 Å². The normalized spacial score (nSPS) is 13.1. The number of carbonyl (C=O) groups excluding carboxylic acids is 2. The summed E-state index contributed by atoms with van der Waals surface area (Å²) in [6.45, 7) is 5.07. The number of halogens is 1. The van der Waals surface area contributed by atoms with E-state index in [1.165, 1.54) is 4.90 Å². The Kier molecular flexibility index (Phi) is 8.98. The van der Waals surface area contributed by atoms with E-state index < -0.39 is 28.5 Å². The zero-order valence-corrected chi connectivity index (χ0v) is 22.5. The van der Waals surface area contributed by atoms with Crippen LogP contribution in [0.1, 0.15) is 32.8 Å². The minimum Gasteiger partial charge on any atom is -0.352 e. The van der Waals surface area contributed by atoms with Crippen LogP contribution in [0.15, 0.2) is 66.7 Å². The van der Waals surface area contributed by atoms with Gasteiger partial charge in [-0.05, 0) is 43.4 Å². The molecule has 1 N–H and O–H groups in total. The molecule has 0 heterocycles. The van der Waals surface area contributed by atoms with E-state index in [1.54, 1.807) is 43.3 Å². The van der Waals surface area contributed by atoms with Crippen LogP contribution in [-0.4, -0.2) is 50.0 Å². The van der Waals surface area contributed by atoms with Crippen molar-refractivity contribution >= 4 is 49.9 Å². The number of hydrogen-bond acceptors (Lipinski definition) is 4. The molecule has 0 fully saturated rings. The molecule has 0 spiro atoms. The predicted octanol–water partition coefficient (Wildman–Crippen LogP) is 4.59. The highest BCUT2D eigenvalue weighted by Crippen LogP contribution is 2.29. The lowest BCUT2D eigenvalue weighted by Gasteiger charge is -2.32. The lowest BCUT2D eigenvalue weighted by molar-refractivity contribution is -0.139. The SMILES string of the molecule is CC[C@H](C)NC(=O)[C@H](C)N(Cc1ccccc1Cl)C(=O)CN(c1cccc2ccccc12)S(C)(=O)=O. The van der Waals surface area contributed by atoms with Crippen LogP contribution in [0.3, 0.4) is 0 Å². The highest BCUT2D eigenvalue weighted by atomic mass is 35.5. The van der Waals surface area contributed by atoms with Gasteiger partial charge in [-0.3, -0.25) is 13.9 Å². The lowest BCUT2D eigenvalue weighted by atomic mass is 10.1. The average Bonchev–Trinajstić information content (AvgIpc) is 2.85. The van der Waals surface area contributed by atoms with Crippen LogP contribution in [0.2, 0.25) is 5.02 Å². The molecule has 0 aromatic heterocycles. The molecule has 36 heavy (non-hydrogen) atoms. The third kappa shape index (κ3) is 6.56. The van der Waals surface area contributed by atoms with Gasteiger partial charge < -0.3 is 10.2 Å². The molecule has 0 unspecified atom stereocenters. The number of carbonyl (C=O) groups is 2. The fourth-order valence-corrected chi connectivity index (χ4v) is 4.94. The second-order valence-electron chi connectivity index (χ2n) is 8.87. The van der Waals surface area contributed by atoms with Gasteiger partial charge in [0.1, 0.15) is 12.6 Å². The van der Waals surface area contributed by atoms with Crippen molar-refractivity contribution in [2.45, 2.75) is 45.8 Å². The van der Waals surface area contributed by atoms with E-state index >= 15 is 0 Å². The zero-order valence-electron chi connectivity index (χ0n) is 20.9. The second-order valence-corrected chi connectivity index (χ2v) is 11.2.